The Balaban J connectivity index is 1.19. The van der Waals surface area contributed by atoms with Crippen LogP contribution in [0.15, 0.2) is 127 Å². The lowest BCUT2D eigenvalue weighted by atomic mass is 10.2. The molecule has 0 unspecified atom stereocenters. The molecule has 0 saturated heterocycles. The summed E-state index contributed by atoms with van der Waals surface area (Å²) in [6.45, 7) is 19.1. The molecule has 7 aromatic carbocycles. The fraction of sp³-hybridized carbons (Fsp3) is 0.600. The Morgan fingerprint density at radius 1 is 0.118 bits per heavy atom. The van der Waals surface area contributed by atoms with Gasteiger partial charge in [-0.1, -0.05) is 15.9 Å². The summed E-state index contributed by atoms with van der Waals surface area (Å²) in [5.41, 5.74) is 5.26. The minimum absolute atomic E-state index is 0.0548. The summed E-state index contributed by atoms with van der Waals surface area (Å²) in [5.74, 6) is 7.23. The van der Waals surface area contributed by atoms with E-state index >= 15 is 0 Å². The van der Waals surface area contributed by atoms with E-state index in [2.05, 4.69) is 15.9 Å². The van der Waals surface area contributed by atoms with Crippen LogP contribution in [0.5, 0.6) is 80.5 Å². The van der Waals surface area contributed by atoms with E-state index in [1.54, 1.807) is 56.9 Å². The fourth-order valence-electron chi connectivity index (χ4n) is 12.6. The molecule has 0 aliphatic heterocycles. The molecule has 0 aliphatic carbocycles. The van der Waals surface area contributed by atoms with Crippen molar-refractivity contribution in [3.8, 4) is 80.5 Å². The maximum Gasteiger partial charge on any atom is 0.123 e. The lowest BCUT2D eigenvalue weighted by molar-refractivity contribution is 0.0174. The molecule has 0 heterocycles. The van der Waals surface area contributed by atoms with Gasteiger partial charge in [0.05, 0.1) is 264 Å². The van der Waals surface area contributed by atoms with Gasteiger partial charge < -0.3 is 180 Å². The zero-order chi connectivity index (χ0) is 102. The van der Waals surface area contributed by atoms with E-state index in [0.29, 0.717) is 361 Å². The van der Waals surface area contributed by atoms with Crippen molar-refractivity contribution in [2.75, 3.05) is 374 Å². The summed E-state index contributed by atoms with van der Waals surface area (Å²) in [5, 5.41) is 0.463. The third kappa shape index (κ3) is 61.1. The lowest BCUT2D eigenvalue weighted by Crippen LogP contribution is -2.13. The van der Waals surface area contributed by atoms with E-state index in [9.17, 15) is 0 Å². The lowest BCUT2D eigenvalue weighted by Gasteiger charge is -2.17. The summed E-state index contributed by atoms with van der Waals surface area (Å²) >= 11 is 3.73. The van der Waals surface area contributed by atoms with Gasteiger partial charge in [-0.05, 0) is 124 Å². The molecule has 144 heavy (non-hydrogen) atoms. The molecule has 0 bridgehead atoms. The average Bonchev–Trinajstić information content (AvgIpc) is 0.840. The SMILES string of the molecule is COCCOCCOCCOc1cc(COc2cc(COc3cc(CBr)cc(OCc4cc(OCc5cc(OCCOCCOCCOC)cc(OCCOCCOCCOC)c5)cc(OCc5cc(OCCOCCOCCOC)cc(OCCOCCOCCOC)c5)c4)c3)cc(OCc3cc(OCCOCCOCCOC)cc(OCCOCCOCCOC)c3)c2)cc(OCCOCCOCCOC)c1. The van der Waals surface area contributed by atoms with Crippen LogP contribution < -0.4 is 66.3 Å². The first kappa shape index (κ1) is 122. The number of ether oxygens (including phenoxy) is 38. The van der Waals surface area contributed by atoms with E-state index in [4.69, 9.17) is 180 Å². The maximum absolute atomic E-state index is 6.79. The zero-order valence-electron chi connectivity index (χ0n) is 85.4. The topological polar surface area (TPSA) is 351 Å². The second-order valence-electron chi connectivity index (χ2n) is 31.1. The molecule has 0 fully saturated rings. The number of halogens is 1. The number of methoxy groups -OCH3 is 8. The van der Waals surface area contributed by atoms with E-state index in [0.717, 1.165) is 27.8 Å². The van der Waals surface area contributed by atoms with Crippen molar-refractivity contribution in [2.24, 2.45) is 0 Å². The summed E-state index contributed by atoms with van der Waals surface area (Å²) in [7, 11) is 13.0. The standard InChI is InChI=1S/C105H155BrO38/c1-107-9-17-115-25-33-123-41-49-131-92-59-86(60-93(71-92)132-50-42-124-34-26-116-18-10-108-2)79-141-102-67-90(68-103(76-102)142-80-87-61-94(133-51-43-125-35-27-117-19-11-109-3)72-95(62-87)134-52-44-126-36-28-118-20-12-110-4)83-139-100-57-85(78-106)58-101(75-100)140-84-91-69-104(143-81-88-63-96(135-53-45-127-37-29-119-21-13-111-5)73-97(64-88)136-54-46-128-38-30-120-22-14-112-6)77-105(70-91)144-82-89-65-98(137-55-47-129-39-31-121-23-15-113-7)74-99(66-89)138-56-48-130-40-32-122-24-16-114-8/h57-77H,9-56,78-84H2,1-8H3. The van der Waals surface area contributed by atoms with Crippen molar-refractivity contribution in [1.29, 1.82) is 0 Å². The Morgan fingerprint density at radius 3 is 0.326 bits per heavy atom. The van der Waals surface area contributed by atoms with Gasteiger partial charge in [0.2, 0.25) is 0 Å². The minimum Gasteiger partial charge on any atom is -0.491 e. The second-order valence-corrected chi connectivity index (χ2v) is 31.6. The van der Waals surface area contributed by atoms with E-state index in [-0.39, 0.29) is 92.5 Å². The number of rotatable bonds is 99. The van der Waals surface area contributed by atoms with Crippen molar-refractivity contribution >= 4 is 15.9 Å². The van der Waals surface area contributed by atoms with Crippen LogP contribution in [0.4, 0.5) is 0 Å². The molecule has 0 saturated carbocycles. The Labute approximate surface area is 857 Å². The highest BCUT2D eigenvalue weighted by Crippen LogP contribution is 2.35. The third-order valence-electron chi connectivity index (χ3n) is 19.6. The molecule has 0 spiro atoms. The highest BCUT2D eigenvalue weighted by Gasteiger charge is 2.18. The van der Waals surface area contributed by atoms with Crippen molar-refractivity contribution in [3.63, 3.8) is 0 Å². The Morgan fingerprint density at radius 2 is 0.215 bits per heavy atom. The molecule has 0 aromatic heterocycles. The second kappa shape index (κ2) is 84.2. The smallest absolute Gasteiger partial charge is 0.123 e. The normalized spacial score (nSPS) is 11.3. The van der Waals surface area contributed by atoms with Crippen molar-refractivity contribution in [1.82, 2.24) is 0 Å². The van der Waals surface area contributed by atoms with E-state index in [1.165, 1.54) is 0 Å². The van der Waals surface area contributed by atoms with Gasteiger partial charge in [-0.2, -0.15) is 0 Å². The predicted octanol–water partition coefficient (Wildman–Crippen LogP) is 12.5. The van der Waals surface area contributed by atoms with E-state index in [1.807, 2.05) is 127 Å². The number of alkyl halides is 1. The average molecular weight is 2110 g/mol. The summed E-state index contributed by atoms with van der Waals surface area (Å²) in [4.78, 5) is 0. The molecule has 0 radical (unpaired) electrons. The highest BCUT2D eigenvalue weighted by molar-refractivity contribution is 9.08. The van der Waals surface area contributed by atoms with Gasteiger partial charge in [-0.25, -0.2) is 0 Å². The largest absolute Gasteiger partial charge is 0.491 e. The summed E-state index contributed by atoms with van der Waals surface area (Å²) < 4.78 is 223. The maximum atomic E-state index is 6.79. The molecule has 0 atom stereocenters. The first-order valence-corrected chi connectivity index (χ1v) is 49.7. The molecular weight excluding hydrogens is 1950 g/mol. The van der Waals surface area contributed by atoms with Crippen molar-refractivity contribution in [3.05, 3.63) is 166 Å². The predicted molar refractivity (Wildman–Crippen MR) is 536 cm³/mol. The molecular formula is C105H155BrO38. The molecule has 810 valence electrons. The van der Waals surface area contributed by atoms with Gasteiger partial charge in [-0.15, -0.1) is 0 Å². The zero-order valence-corrected chi connectivity index (χ0v) is 87.0. The summed E-state index contributed by atoms with van der Waals surface area (Å²) in [6.07, 6.45) is 0. The Hall–Kier alpha value is -8.74. The van der Waals surface area contributed by atoms with Gasteiger partial charge in [0.1, 0.15) is 173 Å². The van der Waals surface area contributed by atoms with Crippen LogP contribution in [0.1, 0.15) is 38.9 Å². The minimum atomic E-state index is 0.0548. The van der Waals surface area contributed by atoms with Crippen LogP contribution in [-0.4, -0.2) is 374 Å². The van der Waals surface area contributed by atoms with E-state index < -0.39 is 0 Å². The van der Waals surface area contributed by atoms with Crippen LogP contribution in [-0.2, 0) is 159 Å². The van der Waals surface area contributed by atoms with Gasteiger partial charge in [0, 0.05) is 105 Å². The van der Waals surface area contributed by atoms with Crippen molar-refractivity contribution < 1.29 is 180 Å². The monoisotopic (exact) mass is 2100 g/mol. The van der Waals surface area contributed by atoms with Crippen LogP contribution in [0, 0.1) is 0 Å². The third-order valence-corrected chi connectivity index (χ3v) is 20.2. The number of benzene rings is 7. The number of hydrogen-bond donors (Lipinski definition) is 0. The van der Waals surface area contributed by atoms with Crippen LogP contribution >= 0.6 is 15.9 Å². The highest BCUT2D eigenvalue weighted by atomic mass is 79.9. The molecule has 7 rings (SSSR count). The van der Waals surface area contributed by atoms with Gasteiger partial charge in [0.15, 0.2) is 0 Å². The number of hydrogen-bond acceptors (Lipinski definition) is 38. The first-order chi connectivity index (χ1) is 71.1. The fourth-order valence-corrected chi connectivity index (χ4v) is 12.9. The van der Waals surface area contributed by atoms with Crippen LogP contribution in [0.25, 0.3) is 0 Å². The molecule has 0 amide bonds. The molecule has 0 N–H and O–H groups in total. The van der Waals surface area contributed by atoms with Crippen molar-refractivity contribution in [2.45, 2.75) is 45.0 Å². The first-order valence-electron chi connectivity index (χ1n) is 48.6. The van der Waals surface area contributed by atoms with Crippen LogP contribution in [0.3, 0.4) is 0 Å². The van der Waals surface area contributed by atoms with Gasteiger partial charge in [-0.3, -0.25) is 0 Å². The molecule has 38 nitrogen and oxygen atoms in total. The quantitative estimate of drug-likeness (QED) is 0.0252. The Kier molecular flexibility index (Phi) is 71.5. The summed E-state index contributed by atoms with van der Waals surface area (Å²) in [6, 6.07) is 39.5. The molecule has 7 aromatic rings. The Bertz CT molecular complexity index is 3640. The van der Waals surface area contributed by atoms with Crippen LogP contribution in [0.2, 0.25) is 0 Å². The van der Waals surface area contributed by atoms with Gasteiger partial charge >= 0.3 is 0 Å². The molecule has 39 heteroatoms. The molecule has 0 aliphatic rings. The van der Waals surface area contributed by atoms with Gasteiger partial charge in [0.25, 0.3) is 0 Å².